The van der Waals surface area contributed by atoms with Crippen LogP contribution in [0.4, 0.5) is 13.2 Å². The Morgan fingerprint density at radius 1 is 1.15 bits per heavy atom. The molecule has 3 aromatic rings. The summed E-state index contributed by atoms with van der Waals surface area (Å²) in [7, 11) is 0. The minimum atomic E-state index is -4.37. The Bertz CT molecular complexity index is 946. The molecule has 1 N–H and O–H groups in total. The second kappa shape index (κ2) is 6.92. The van der Waals surface area contributed by atoms with Crippen LogP contribution in [0.2, 0.25) is 0 Å². The number of alkyl halides is 3. The number of hydrogen-bond acceptors (Lipinski definition) is 3. The summed E-state index contributed by atoms with van der Waals surface area (Å²) in [6.07, 6.45) is -4.06. The van der Waals surface area contributed by atoms with E-state index < -0.39 is 17.7 Å². The molecule has 0 aliphatic heterocycles. The van der Waals surface area contributed by atoms with Crippen molar-refractivity contribution in [2.24, 2.45) is 0 Å². The first-order valence-electron chi connectivity index (χ1n) is 7.70. The molecule has 2 aromatic carbocycles. The summed E-state index contributed by atoms with van der Waals surface area (Å²) >= 11 is 1.40. The maximum absolute atomic E-state index is 12.8. The zero-order valence-corrected chi connectivity index (χ0v) is 14.5. The third-order valence-corrected chi connectivity index (χ3v) is 5.05. The maximum atomic E-state index is 12.8. The fraction of sp³-hybridized carbons (Fsp3) is 0.158. The molecule has 0 atom stereocenters. The zero-order chi connectivity index (χ0) is 18.9. The predicted molar refractivity (Wildman–Crippen MR) is 93.5 cm³/mol. The van der Waals surface area contributed by atoms with E-state index in [0.29, 0.717) is 17.0 Å². The van der Waals surface area contributed by atoms with Crippen LogP contribution in [0, 0.1) is 6.92 Å². The van der Waals surface area contributed by atoms with E-state index in [4.69, 9.17) is 5.11 Å². The number of hydrogen-bond donors (Lipinski definition) is 1. The number of carboxylic acid groups (broad SMARTS) is 1. The Morgan fingerprint density at radius 3 is 2.46 bits per heavy atom. The summed E-state index contributed by atoms with van der Waals surface area (Å²) in [6.45, 7) is 1.83. The first kappa shape index (κ1) is 18.1. The molecule has 3 rings (SSSR count). The maximum Gasteiger partial charge on any atom is 0.416 e. The first-order chi connectivity index (χ1) is 12.2. The van der Waals surface area contributed by atoms with Crippen LogP contribution in [0.5, 0.6) is 0 Å². The van der Waals surface area contributed by atoms with Crippen LogP contribution in [-0.4, -0.2) is 16.1 Å². The second-order valence-corrected chi connectivity index (χ2v) is 6.86. The van der Waals surface area contributed by atoms with E-state index in [1.807, 2.05) is 6.92 Å². The average Bonchev–Trinajstić information content (AvgIpc) is 2.94. The molecule has 0 amide bonds. The molecule has 0 aliphatic carbocycles. The lowest BCUT2D eigenvalue weighted by atomic mass is 10.1. The highest BCUT2D eigenvalue weighted by molar-refractivity contribution is 7.15. The van der Waals surface area contributed by atoms with Gasteiger partial charge in [-0.15, -0.1) is 11.3 Å². The van der Waals surface area contributed by atoms with Gasteiger partial charge in [0.25, 0.3) is 0 Å². The average molecular weight is 377 g/mol. The number of carbonyl (C=O) groups is 1. The van der Waals surface area contributed by atoms with E-state index in [0.717, 1.165) is 28.3 Å². The van der Waals surface area contributed by atoms with Crippen molar-refractivity contribution in [2.75, 3.05) is 0 Å². The van der Waals surface area contributed by atoms with Gasteiger partial charge in [-0.05, 0) is 36.2 Å². The van der Waals surface area contributed by atoms with E-state index in [-0.39, 0.29) is 5.56 Å². The molecule has 1 aromatic heterocycles. The van der Waals surface area contributed by atoms with Gasteiger partial charge in [0.15, 0.2) is 0 Å². The molecule has 0 fully saturated rings. The van der Waals surface area contributed by atoms with E-state index in [1.165, 1.54) is 29.5 Å². The third kappa shape index (κ3) is 3.94. The van der Waals surface area contributed by atoms with Crippen molar-refractivity contribution < 1.29 is 23.1 Å². The number of aromatic carboxylic acids is 1. The molecular weight excluding hydrogens is 363 g/mol. The topological polar surface area (TPSA) is 50.2 Å². The highest BCUT2D eigenvalue weighted by Gasteiger charge is 2.30. The lowest BCUT2D eigenvalue weighted by Gasteiger charge is -2.07. The number of nitrogens with zero attached hydrogens (tertiary/aromatic N) is 1. The van der Waals surface area contributed by atoms with E-state index in [2.05, 4.69) is 4.98 Å². The fourth-order valence-corrected chi connectivity index (χ4v) is 3.70. The lowest BCUT2D eigenvalue weighted by molar-refractivity contribution is -0.137. The molecule has 0 aliphatic rings. The van der Waals surface area contributed by atoms with Gasteiger partial charge in [-0.2, -0.15) is 13.2 Å². The van der Waals surface area contributed by atoms with Crippen molar-refractivity contribution in [3.8, 4) is 10.4 Å². The Balaban J connectivity index is 1.86. The SMILES string of the molecule is Cc1nc(Cc2cccc(C(F)(F)F)c2)sc1-c1ccc(C(=O)O)cc1. The van der Waals surface area contributed by atoms with Gasteiger partial charge in [-0.1, -0.05) is 30.3 Å². The van der Waals surface area contributed by atoms with Crippen LogP contribution in [0.15, 0.2) is 48.5 Å². The predicted octanol–water partition coefficient (Wildman–Crippen LogP) is 5.43. The minimum Gasteiger partial charge on any atom is -0.478 e. The summed E-state index contributed by atoms with van der Waals surface area (Å²) in [5.74, 6) is -0.997. The van der Waals surface area contributed by atoms with E-state index in [1.54, 1.807) is 18.2 Å². The Labute approximate surface area is 151 Å². The molecule has 134 valence electrons. The monoisotopic (exact) mass is 377 g/mol. The Morgan fingerprint density at radius 2 is 1.85 bits per heavy atom. The summed E-state index contributed by atoms with van der Waals surface area (Å²) in [5, 5.41) is 9.67. The van der Waals surface area contributed by atoms with Crippen LogP contribution >= 0.6 is 11.3 Å². The van der Waals surface area contributed by atoms with Gasteiger partial charge in [0, 0.05) is 6.42 Å². The number of benzene rings is 2. The highest BCUT2D eigenvalue weighted by Crippen LogP contribution is 2.33. The van der Waals surface area contributed by atoms with Crippen molar-refractivity contribution in [1.29, 1.82) is 0 Å². The zero-order valence-electron chi connectivity index (χ0n) is 13.7. The molecule has 0 spiro atoms. The van der Waals surface area contributed by atoms with Gasteiger partial charge in [-0.3, -0.25) is 0 Å². The van der Waals surface area contributed by atoms with Gasteiger partial charge in [0.2, 0.25) is 0 Å². The smallest absolute Gasteiger partial charge is 0.416 e. The standard InChI is InChI=1S/C19H14F3NO2S/c1-11-17(13-5-7-14(8-6-13)18(24)25)26-16(23-11)10-12-3-2-4-15(9-12)19(20,21)22/h2-9H,10H2,1H3,(H,24,25). The number of aryl methyl sites for hydroxylation is 1. The number of halogens is 3. The molecule has 0 saturated carbocycles. The fourth-order valence-electron chi connectivity index (χ4n) is 2.59. The van der Waals surface area contributed by atoms with E-state index in [9.17, 15) is 18.0 Å². The summed E-state index contributed by atoms with van der Waals surface area (Å²) < 4.78 is 38.5. The highest BCUT2D eigenvalue weighted by atomic mass is 32.1. The van der Waals surface area contributed by atoms with Crippen molar-refractivity contribution >= 4 is 17.3 Å². The minimum absolute atomic E-state index is 0.195. The molecule has 26 heavy (non-hydrogen) atoms. The summed E-state index contributed by atoms with van der Waals surface area (Å²) in [6, 6.07) is 11.7. The molecule has 0 saturated heterocycles. The molecule has 0 bridgehead atoms. The third-order valence-electron chi connectivity index (χ3n) is 3.84. The number of thiazole rings is 1. The summed E-state index contributed by atoms with van der Waals surface area (Å²) in [5.41, 5.74) is 1.66. The molecular formula is C19H14F3NO2S. The summed E-state index contributed by atoms with van der Waals surface area (Å²) in [4.78, 5) is 16.3. The largest absolute Gasteiger partial charge is 0.478 e. The van der Waals surface area contributed by atoms with E-state index >= 15 is 0 Å². The quantitative estimate of drug-likeness (QED) is 0.660. The van der Waals surface area contributed by atoms with Crippen LogP contribution in [0.3, 0.4) is 0 Å². The first-order valence-corrected chi connectivity index (χ1v) is 8.52. The number of rotatable bonds is 4. The van der Waals surface area contributed by atoms with Gasteiger partial charge in [-0.25, -0.2) is 9.78 Å². The normalized spacial score (nSPS) is 11.5. The van der Waals surface area contributed by atoms with Crippen molar-refractivity contribution in [1.82, 2.24) is 4.98 Å². The van der Waals surface area contributed by atoms with Crippen LogP contribution in [-0.2, 0) is 12.6 Å². The number of carboxylic acids is 1. The second-order valence-electron chi connectivity index (χ2n) is 5.78. The van der Waals surface area contributed by atoms with Crippen LogP contribution in [0.1, 0.15) is 32.2 Å². The van der Waals surface area contributed by atoms with Crippen molar-refractivity contribution in [3.63, 3.8) is 0 Å². The Hall–Kier alpha value is -2.67. The van der Waals surface area contributed by atoms with Crippen LogP contribution in [0.25, 0.3) is 10.4 Å². The number of aromatic nitrogens is 1. The lowest BCUT2D eigenvalue weighted by Crippen LogP contribution is -2.05. The Kier molecular flexibility index (Phi) is 4.82. The van der Waals surface area contributed by atoms with Crippen molar-refractivity contribution in [2.45, 2.75) is 19.5 Å². The van der Waals surface area contributed by atoms with Crippen molar-refractivity contribution in [3.05, 3.63) is 75.9 Å². The molecule has 3 nitrogen and oxygen atoms in total. The molecule has 0 unspecified atom stereocenters. The molecule has 7 heteroatoms. The molecule has 0 radical (unpaired) electrons. The molecule has 1 heterocycles. The van der Waals surface area contributed by atoms with Crippen LogP contribution < -0.4 is 0 Å². The van der Waals surface area contributed by atoms with Gasteiger partial charge < -0.3 is 5.11 Å². The van der Waals surface area contributed by atoms with Gasteiger partial charge >= 0.3 is 12.1 Å². The van der Waals surface area contributed by atoms with Gasteiger partial charge in [0.1, 0.15) is 0 Å². The van der Waals surface area contributed by atoms with Gasteiger partial charge in [0.05, 0.1) is 26.7 Å².